The normalized spacial score (nSPS) is 14.0. The van der Waals surface area contributed by atoms with Crippen LogP contribution in [0.1, 0.15) is 27.1 Å². The summed E-state index contributed by atoms with van der Waals surface area (Å²) in [6, 6.07) is 13.6. The van der Waals surface area contributed by atoms with Gasteiger partial charge in [-0.05, 0) is 31.2 Å². The molecule has 1 amide bonds. The van der Waals surface area contributed by atoms with Crippen LogP contribution in [0.15, 0.2) is 61.1 Å². The average molecular weight is 420 g/mol. The first-order valence-electron chi connectivity index (χ1n) is 9.66. The summed E-state index contributed by atoms with van der Waals surface area (Å²) in [6.07, 6.45) is 5.74. The van der Waals surface area contributed by atoms with E-state index in [1.807, 2.05) is 82.1 Å². The molecule has 0 saturated carbocycles. The number of aryl methyl sites for hydroxylation is 1. The molecule has 0 N–H and O–H groups in total. The lowest BCUT2D eigenvalue weighted by Crippen LogP contribution is -2.50. The minimum atomic E-state index is 0.0207. The van der Waals surface area contributed by atoms with Crippen molar-refractivity contribution in [2.75, 3.05) is 13.1 Å². The maximum absolute atomic E-state index is 12.9. The number of para-hydroxylation sites is 1. The monoisotopic (exact) mass is 420 g/mol. The third kappa shape index (κ3) is 3.59. The fourth-order valence-corrected chi connectivity index (χ4v) is 4.32. The van der Waals surface area contributed by atoms with E-state index in [4.69, 9.17) is 4.74 Å². The summed E-state index contributed by atoms with van der Waals surface area (Å²) >= 11 is 1.42. The number of nitrogens with zero attached hydrogens (tertiary/aromatic N) is 6. The third-order valence-electron chi connectivity index (χ3n) is 5.02. The van der Waals surface area contributed by atoms with Crippen LogP contribution >= 0.6 is 11.3 Å². The van der Waals surface area contributed by atoms with Crippen molar-refractivity contribution >= 4 is 17.2 Å². The summed E-state index contributed by atoms with van der Waals surface area (Å²) in [5.74, 6) is 0.819. The SMILES string of the molecule is Cc1nc(-n2cccc2)sc1C(=O)N1CC(n2cc(COc3ccccc3)nn2)C1. The lowest BCUT2D eigenvalue weighted by Gasteiger charge is -2.38. The van der Waals surface area contributed by atoms with Crippen LogP contribution in [-0.2, 0) is 6.61 Å². The molecule has 152 valence electrons. The molecule has 1 aliphatic rings. The van der Waals surface area contributed by atoms with E-state index >= 15 is 0 Å². The van der Waals surface area contributed by atoms with Gasteiger partial charge in [-0.25, -0.2) is 9.67 Å². The first-order chi connectivity index (χ1) is 14.7. The second-order valence-corrected chi connectivity index (χ2v) is 8.13. The number of amides is 1. The van der Waals surface area contributed by atoms with Crippen molar-refractivity contribution in [1.29, 1.82) is 0 Å². The maximum Gasteiger partial charge on any atom is 0.266 e. The fourth-order valence-electron chi connectivity index (χ4n) is 3.32. The Hall–Kier alpha value is -3.46. The Morgan fingerprint density at radius 3 is 2.70 bits per heavy atom. The van der Waals surface area contributed by atoms with Crippen molar-refractivity contribution in [3.8, 4) is 10.9 Å². The summed E-state index contributed by atoms with van der Waals surface area (Å²) < 4.78 is 9.45. The summed E-state index contributed by atoms with van der Waals surface area (Å²) in [4.78, 5) is 19.9. The van der Waals surface area contributed by atoms with E-state index in [9.17, 15) is 4.79 Å². The number of thiazole rings is 1. The standard InChI is InChI=1S/C21H20N6O2S/c1-15-19(30-21(22-15)25-9-5-6-10-25)20(28)26-12-17(13-26)27-11-16(23-24-27)14-29-18-7-3-2-4-8-18/h2-11,17H,12-14H2,1H3. The zero-order chi connectivity index (χ0) is 20.5. The number of hydrogen-bond donors (Lipinski definition) is 0. The molecule has 5 rings (SSSR count). The van der Waals surface area contributed by atoms with E-state index in [0.717, 1.165) is 22.3 Å². The van der Waals surface area contributed by atoms with Crippen LogP contribution in [0.4, 0.5) is 0 Å². The van der Waals surface area contributed by atoms with E-state index in [0.29, 0.717) is 24.6 Å². The molecular formula is C21H20N6O2S. The van der Waals surface area contributed by atoms with Gasteiger partial charge < -0.3 is 14.2 Å². The molecule has 1 saturated heterocycles. The predicted molar refractivity (Wildman–Crippen MR) is 112 cm³/mol. The van der Waals surface area contributed by atoms with Crippen molar-refractivity contribution in [2.45, 2.75) is 19.6 Å². The molecule has 1 fully saturated rings. The van der Waals surface area contributed by atoms with Crippen LogP contribution in [-0.4, -0.2) is 48.4 Å². The van der Waals surface area contributed by atoms with E-state index in [1.54, 1.807) is 0 Å². The summed E-state index contributed by atoms with van der Waals surface area (Å²) in [6.45, 7) is 3.46. The Labute approximate surface area is 177 Å². The van der Waals surface area contributed by atoms with Crippen LogP contribution in [0.25, 0.3) is 5.13 Å². The molecule has 4 heterocycles. The van der Waals surface area contributed by atoms with E-state index in [2.05, 4.69) is 15.3 Å². The molecule has 0 aliphatic carbocycles. The number of likely N-dealkylation sites (tertiary alicyclic amines) is 1. The van der Waals surface area contributed by atoms with Gasteiger partial charge in [0.1, 0.15) is 22.9 Å². The molecule has 0 unspecified atom stereocenters. The lowest BCUT2D eigenvalue weighted by molar-refractivity contribution is 0.0502. The molecule has 1 aromatic carbocycles. The first-order valence-corrected chi connectivity index (χ1v) is 10.5. The number of ether oxygens (including phenoxy) is 1. The highest BCUT2D eigenvalue weighted by Gasteiger charge is 2.35. The molecule has 30 heavy (non-hydrogen) atoms. The molecule has 8 nitrogen and oxygen atoms in total. The van der Waals surface area contributed by atoms with Crippen molar-refractivity contribution < 1.29 is 9.53 Å². The Kier molecular flexibility index (Phi) is 4.80. The van der Waals surface area contributed by atoms with Crippen LogP contribution < -0.4 is 4.74 Å². The van der Waals surface area contributed by atoms with Gasteiger partial charge >= 0.3 is 0 Å². The second-order valence-electron chi connectivity index (χ2n) is 7.16. The highest BCUT2D eigenvalue weighted by molar-refractivity contribution is 7.16. The molecule has 0 atom stereocenters. The van der Waals surface area contributed by atoms with Crippen LogP contribution in [0.3, 0.4) is 0 Å². The zero-order valence-electron chi connectivity index (χ0n) is 16.4. The maximum atomic E-state index is 12.9. The van der Waals surface area contributed by atoms with Gasteiger partial charge in [0.05, 0.1) is 17.9 Å². The van der Waals surface area contributed by atoms with Crippen LogP contribution in [0.2, 0.25) is 0 Å². The molecule has 0 radical (unpaired) electrons. The molecular weight excluding hydrogens is 400 g/mol. The summed E-state index contributed by atoms with van der Waals surface area (Å²) in [7, 11) is 0. The van der Waals surface area contributed by atoms with Gasteiger partial charge in [0.2, 0.25) is 0 Å². The van der Waals surface area contributed by atoms with E-state index in [-0.39, 0.29) is 11.9 Å². The largest absolute Gasteiger partial charge is 0.487 e. The smallest absolute Gasteiger partial charge is 0.266 e. The Bertz CT molecular complexity index is 1150. The molecule has 4 aromatic rings. The molecule has 0 bridgehead atoms. The van der Waals surface area contributed by atoms with Gasteiger partial charge in [-0.1, -0.05) is 34.7 Å². The minimum absolute atomic E-state index is 0.0207. The van der Waals surface area contributed by atoms with Gasteiger partial charge in [0.25, 0.3) is 5.91 Å². The predicted octanol–water partition coefficient (Wildman–Crippen LogP) is 3.11. The minimum Gasteiger partial charge on any atom is -0.487 e. The number of carbonyl (C=O) groups excluding carboxylic acids is 1. The van der Waals surface area contributed by atoms with E-state index in [1.165, 1.54) is 11.3 Å². The summed E-state index contributed by atoms with van der Waals surface area (Å²) in [5, 5.41) is 9.19. The van der Waals surface area contributed by atoms with Crippen LogP contribution in [0, 0.1) is 6.92 Å². The molecule has 0 spiro atoms. The van der Waals surface area contributed by atoms with E-state index < -0.39 is 0 Å². The topological polar surface area (TPSA) is 78.1 Å². The van der Waals surface area contributed by atoms with Crippen LogP contribution in [0.5, 0.6) is 5.75 Å². The molecule has 3 aromatic heterocycles. The number of carbonyl (C=O) groups is 1. The Morgan fingerprint density at radius 2 is 1.93 bits per heavy atom. The number of benzene rings is 1. The van der Waals surface area contributed by atoms with Gasteiger partial charge in [-0.2, -0.15) is 0 Å². The van der Waals surface area contributed by atoms with Gasteiger partial charge in [-0.3, -0.25) is 4.79 Å². The highest BCUT2D eigenvalue weighted by Crippen LogP contribution is 2.28. The Balaban J connectivity index is 1.19. The van der Waals surface area contributed by atoms with Crippen molar-refractivity contribution in [1.82, 2.24) is 29.4 Å². The van der Waals surface area contributed by atoms with Crippen molar-refractivity contribution in [3.05, 3.63) is 77.3 Å². The van der Waals surface area contributed by atoms with Crippen molar-refractivity contribution in [3.63, 3.8) is 0 Å². The average Bonchev–Trinajstić information content (AvgIpc) is 3.47. The Morgan fingerprint density at radius 1 is 1.17 bits per heavy atom. The zero-order valence-corrected chi connectivity index (χ0v) is 17.2. The van der Waals surface area contributed by atoms with Gasteiger partial charge in [0, 0.05) is 25.5 Å². The number of aromatic nitrogens is 5. The number of rotatable bonds is 6. The third-order valence-corrected chi connectivity index (χ3v) is 6.17. The number of hydrogen-bond acceptors (Lipinski definition) is 6. The second kappa shape index (κ2) is 7.75. The quantitative estimate of drug-likeness (QED) is 0.479. The van der Waals surface area contributed by atoms with Gasteiger partial charge in [0.15, 0.2) is 5.13 Å². The molecule has 1 aliphatic heterocycles. The summed E-state index contributed by atoms with van der Waals surface area (Å²) in [5.41, 5.74) is 1.52. The lowest BCUT2D eigenvalue weighted by atomic mass is 10.1. The fraction of sp³-hybridized carbons (Fsp3) is 0.238. The highest BCUT2D eigenvalue weighted by atomic mass is 32.1. The first kappa shape index (κ1) is 18.6. The van der Waals surface area contributed by atoms with Gasteiger partial charge in [-0.15, -0.1) is 5.10 Å². The molecule has 9 heteroatoms. The van der Waals surface area contributed by atoms with Crippen molar-refractivity contribution in [2.24, 2.45) is 0 Å².